The first-order chi connectivity index (χ1) is 16.7. The van der Waals surface area contributed by atoms with Crippen LogP contribution in [-0.2, 0) is 26.5 Å². The molecule has 2 aromatic carbocycles. The molecule has 184 valence electrons. The van der Waals surface area contributed by atoms with Gasteiger partial charge in [0, 0.05) is 42.5 Å². The molecule has 0 unspecified atom stereocenters. The van der Waals surface area contributed by atoms with Crippen LogP contribution in [0.25, 0.3) is 16.1 Å². The molecule has 0 N–H and O–H groups in total. The maximum absolute atomic E-state index is 15.0. The molecule has 2 heterocycles. The van der Waals surface area contributed by atoms with Gasteiger partial charge >= 0.3 is 21.1 Å². The maximum Gasteiger partial charge on any atom is 2.00 e. The van der Waals surface area contributed by atoms with Gasteiger partial charge in [0.25, 0.3) is 0 Å². The van der Waals surface area contributed by atoms with E-state index in [2.05, 4.69) is 17.0 Å². The predicted molar refractivity (Wildman–Crippen MR) is 135 cm³/mol. The molecule has 4 nitrogen and oxygen atoms in total. The van der Waals surface area contributed by atoms with Gasteiger partial charge in [0.2, 0.25) is 0 Å². The summed E-state index contributed by atoms with van der Waals surface area (Å²) >= 11 is 1.51. The van der Waals surface area contributed by atoms with Gasteiger partial charge in [-0.3, -0.25) is 13.6 Å². The van der Waals surface area contributed by atoms with Crippen molar-refractivity contribution in [1.29, 1.82) is 0 Å². The van der Waals surface area contributed by atoms with Crippen LogP contribution in [0.4, 0.5) is 20.2 Å². The van der Waals surface area contributed by atoms with Crippen LogP contribution in [0, 0.1) is 30.3 Å². The molecule has 0 saturated carbocycles. The van der Waals surface area contributed by atoms with Gasteiger partial charge in [-0.1, -0.05) is 28.8 Å². The van der Waals surface area contributed by atoms with Crippen molar-refractivity contribution in [3.05, 3.63) is 107 Å². The standard InChI is InChI=1S/C28H22F2N4S.Pt/c1-28(2,23-12-9-13-25(33-23)35-19-10-7-6-8-11-19)24-17-18(34(4)5)16-22(32-24)20-14-15-21(29)27(31-3)26(20)30;/h6-10,12-13,15-17H,1-2,4-5H3;/q-2;+2. The third-order valence-corrected chi connectivity index (χ3v) is 6.50. The van der Waals surface area contributed by atoms with Crippen LogP contribution in [0.15, 0.2) is 70.6 Å². The molecule has 0 aliphatic rings. The van der Waals surface area contributed by atoms with E-state index in [9.17, 15) is 4.39 Å². The second-order valence-electron chi connectivity index (χ2n) is 8.59. The van der Waals surface area contributed by atoms with E-state index in [1.165, 1.54) is 11.8 Å². The monoisotopic (exact) mass is 679 g/mol. The van der Waals surface area contributed by atoms with Gasteiger partial charge in [0.05, 0.1) is 17.3 Å². The minimum Gasteiger partial charge on any atom is -0.378 e. The molecule has 0 aliphatic heterocycles. The van der Waals surface area contributed by atoms with Gasteiger partial charge in [-0.05, 0) is 37.7 Å². The Labute approximate surface area is 228 Å². The maximum atomic E-state index is 15.0. The summed E-state index contributed by atoms with van der Waals surface area (Å²) in [5.41, 5.74) is 1.14. The van der Waals surface area contributed by atoms with Gasteiger partial charge in [-0.2, -0.15) is 30.3 Å². The molecule has 4 aromatic rings. The van der Waals surface area contributed by atoms with Gasteiger partial charge in [-0.25, -0.2) is 4.98 Å². The molecule has 8 heteroatoms. The summed E-state index contributed by atoms with van der Waals surface area (Å²) in [6.45, 7) is 11.1. The van der Waals surface area contributed by atoms with E-state index in [4.69, 9.17) is 16.5 Å². The predicted octanol–water partition coefficient (Wildman–Crippen LogP) is 7.11. The van der Waals surface area contributed by atoms with Gasteiger partial charge in [0.15, 0.2) is 5.69 Å². The molecule has 0 aliphatic carbocycles. The second-order valence-corrected chi connectivity index (χ2v) is 9.65. The topological polar surface area (TPSA) is 33.4 Å². The number of benzene rings is 2. The van der Waals surface area contributed by atoms with Crippen molar-refractivity contribution in [2.75, 3.05) is 19.0 Å². The molecule has 0 radical (unpaired) electrons. The molecule has 36 heavy (non-hydrogen) atoms. The molecular weight excluding hydrogens is 657 g/mol. The van der Waals surface area contributed by atoms with Crippen LogP contribution in [-0.4, -0.2) is 24.1 Å². The minimum atomic E-state index is -0.970. The number of anilines is 1. The van der Waals surface area contributed by atoms with Gasteiger partial charge in [-0.15, -0.1) is 17.7 Å². The molecule has 0 fully saturated rings. The SMILES string of the molecule is [C-]#[N+]c1c(F)c[c-]c(-c2cc(N(C)C)cc(C(C)(C)c3cccc(Sc4[c-]cccc4)n3)n2)c1F.[Pt+2]. The summed E-state index contributed by atoms with van der Waals surface area (Å²) in [7, 11) is 3.74. The van der Waals surface area contributed by atoms with Crippen LogP contribution in [0.3, 0.4) is 0 Å². The van der Waals surface area contributed by atoms with Crippen molar-refractivity contribution in [3.63, 3.8) is 0 Å². The number of halogens is 2. The normalized spacial score (nSPS) is 10.9. The molecule has 0 bridgehead atoms. The third-order valence-electron chi connectivity index (χ3n) is 5.59. The molecule has 0 amide bonds. The quantitative estimate of drug-likeness (QED) is 0.204. The van der Waals surface area contributed by atoms with Crippen LogP contribution < -0.4 is 4.90 Å². The van der Waals surface area contributed by atoms with Gasteiger partial charge in [0.1, 0.15) is 0 Å². The summed E-state index contributed by atoms with van der Waals surface area (Å²) in [6.07, 6.45) is 0. The van der Waals surface area contributed by atoms with Gasteiger partial charge < -0.3 is 9.88 Å². The number of hydrogen-bond acceptors (Lipinski definition) is 4. The fraction of sp³-hybridized carbons (Fsp3) is 0.179. The number of pyridine rings is 2. The van der Waals surface area contributed by atoms with Crippen molar-refractivity contribution >= 4 is 23.1 Å². The van der Waals surface area contributed by atoms with Crippen molar-refractivity contribution in [2.45, 2.75) is 29.2 Å². The van der Waals surface area contributed by atoms with E-state index in [-0.39, 0.29) is 32.3 Å². The fourth-order valence-corrected chi connectivity index (χ4v) is 4.30. The van der Waals surface area contributed by atoms with Crippen LogP contribution >= 0.6 is 11.8 Å². The van der Waals surface area contributed by atoms with Crippen molar-refractivity contribution in [3.8, 4) is 11.3 Å². The minimum absolute atomic E-state index is 0. The Morgan fingerprint density at radius 3 is 2.44 bits per heavy atom. The first-order valence-electron chi connectivity index (χ1n) is 10.8. The Bertz CT molecular complexity index is 1420. The smallest absolute Gasteiger partial charge is 0.378 e. The largest absolute Gasteiger partial charge is 2.00 e. The van der Waals surface area contributed by atoms with Crippen LogP contribution in [0.1, 0.15) is 25.2 Å². The third kappa shape index (κ3) is 5.67. The Hall–Kier alpha value is -3.07. The summed E-state index contributed by atoms with van der Waals surface area (Å²) in [4.78, 5) is 15.5. The summed E-state index contributed by atoms with van der Waals surface area (Å²) < 4.78 is 28.9. The Morgan fingerprint density at radius 2 is 1.78 bits per heavy atom. The average molecular weight is 680 g/mol. The van der Waals surface area contributed by atoms with Crippen molar-refractivity contribution in [2.24, 2.45) is 0 Å². The molecule has 0 spiro atoms. The summed E-state index contributed by atoms with van der Waals surface area (Å²) in [5.74, 6) is -1.91. The Kier molecular flexibility index (Phi) is 8.66. The first-order valence-corrected chi connectivity index (χ1v) is 11.6. The zero-order valence-corrected chi connectivity index (χ0v) is 23.1. The number of rotatable bonds is 6. The van der Waals surface area contributed by atoms with E-state index in [1.54, 1.807) is 6.07 Å². The first kappa shape index (κ1) is 27.5. The fourth-order valence-electron chi connectivity index (χ4n) is 3.51. The number of aromatic nitrogens is 2. The molecule has 0 atom stereocenters. The van der Waals surface area contributed by atoms with E-state index in [0.717, 1.165) is 27.4 Å². The summed E-state index contributed by atoms with van der Waals surface area (Å²) in [5, 5.41) is 0.821. The number of nitrogens with zero attached hydrogens (tertiary/aromatic N) is 4. The van der Waals surface area contributed by atoms with E-state index < -0.39 is 22.7 Å². The molecule has 2 aromatic heterocycles. The Balaban J connectivity index is 0.00000361. The molecular formula is C28H22F2N4PtS. The van der Waals surface area contributed by atoms with E-state index in [1.807, 2.05) is 81.4 Å². The average Bonchev–Trinajstić information content (AvgIpc) is 2.85. The van der Waals surface area contributed by atoms with Crippen molar-refractivity contribution in [1.82, 2.24) is 9.97 Å². The van der Waals surface area contributed by atoms with E-state index in [0.29, 0.717) is 5.69 Å². The molecule has 4 rings (SSSR count). The Morgan fingerprint density at radius 1 is 1.00 bits per heavy atom. The van der Waals surface area contributed by atoms with E-state index >= 15 is 4.39 Å². The number of hydrogen-bond donors (Lipinski definition) is 0. The zero-order valence-electron chi connectivity index (χ0n) is 20.0. The summed E-state index contributed by atoms with van der Waals surface area (Å²) in [6, 6.07) is 23.9. The van der Waals surface area contributed by atoms with Crippen LogP contribution in [0.5, 0.6) is 0 Å². The molecule has 0 saturated heterocycles. The van der Waals surface area contributed by atoms with Crippen molar-refractivity contribution < 1.29 is 29.8 Å². The van der Waals surface area contributed by atoms with Crippen LogP contribution in [0.2, 0.25) is 0 Å². The zero-order chi connectivity index (χ0) is 25.2. The second kappa shape index (κ2) is 11.3.